The highest BCUT2D eigenvalue weighted by Gasteiger charge is 2.19. The van der Waals surface area contributed by atoms with Crippen molar-refractivity contribution in [3.05, 3.63) is 41.2 Å². The Balaban J connectivity index is 2.24. The highest BCUT2D eigenvalue weighted by Crippen LogP contribution is 2.19. The zero-order valence-electron chi connectivity index (χ0n) is 12.5. The number of rotatable bonds is 5. The summed E-state index contributed by atoms with van der Waals surface area (Å²) in [6, 6.07) is 7.51. The van der Waals surface area contributed by atoms with Crippen LogP contribution >= 0.6 is 0 Å². The van der Waals surface area contributed by atoms with Gasteiger partial charge in [0.1, 0.15) is 5.69 Å². The number of anilines is 2. The van der Waals surface area contributed by atoms with Crippen LogP contribution < -0.4 is 11.1 Å². The smallest absolute Gasteiger partial charge is 0.276 e. The van der Waals surface area contributed by atoms with Gasteiger partial charge in [0, 0.05) is 19.3 Å². The van der Waals surface area contributed by atoms with Crippen LogP contribution in [0.2, 0.25) is 0 Å². The number of hydrogen-bond acceptors (Lipinski definition) is 4. The van der Waals surface area contributed by atoms with Crippen molar-refractivity contribution < 1.29 is 9.53 Å². The minimum absolute atomic E-state index is 0.260. The molecule has 0 aliphatic heterocycles. The molecule has 1 amide bonds. The quantitative estimate of drug-likeness (QED) is 0.883. The van der Waals surface area contributed by atoms with Gasteiger partial charge in [0.2, 0.25) is 0 Å². The monoisotopic (exact) mass is 288 g/mol. The van der Waals surface area contributed by atoms with Gasteiger partial charge in [-0.15, -0.1) is 0 Å². The van der Waals surface area contributed by atoms with E-state index in [1.54, 1.807) is 18.7 Å². The topological polar surface area (TPSA) is 82.2 Å². The van der Waals surface area contributed by atoms with Crippen LogP contribution in [0.3, 0.4) is 0 Å². The molecule has 0 unspecified atom stereocenters. The van der Waals surface area contributed by atoms with Crippen molar-refractivity contribution in [2.45, 2.75) is 27.0 Å². The Labute approximate surface area is 123 Å². The minimum Gasteiger partial charge on any atom is -0.395 e. The maximum atomic E-state index is 12.4. The number of nitrogens with zero attached hydrogens (tertiary/aromatic N) is 2. The van der Waals surface area contributed by atoms with Crippen molar-refractivity contribution >= 4 is 17.3 Å². The number of nitrogens with one attached hydrogen (secondary N) is 1. The molecule has 0 aliphatic carbocycles. The molecular weight excluding hydrogens is 268 g/mol. The Morgan fingerprint density at radius 1 is 1.48 bits per heavy atom. The number of ether oxygens (including phenoxy) is 1. The molecule has 6 nitrogen and oxygen atoms in total. The van der Waals surface area contributed by atoms with Gasteiger partial charge >= 0.3 is 0 Å². The normalized spacial score (nSPS) is 10.6. The molecule has 0 radical (unpaired) electrons. The van der Waals surface area contributed by atoms with E-state index >= 15 is 0 Å². The van der Waals surface area contributed by atoms with E-state index in [1.807, 2.05) is 31.2 Å². The van der Waals surface area contributed by atoms with Crippen LogP contribution in [0.1, 0.15) is 28.7 Å². The van der Waals surface area contributed by atoms with Gasteiger partial charge in [0.15, 0.2) is 0 Å². The summed E-state index contributed by atoms with van der Waals surface area (Å²) in [5, 5.41) is 7.10. The zero-order chi connectivity index (χ0) is 15.4. The van der Waals surface area contributed by atoms with Gasteiger partial charge < -0.3 is 15.8 Å². The van der Waals surface area contributed by atoms with Crippen LogP contribution in [0.25, 0.3) is 0 Å². The SMILES string of the molecule is CCn1nc(C)c(N)c1C(=O)Nc1cccc(COC)c1. The molecule has 21 heavy (non-hydrogen) atoms. The first kappa shape index (κ1) is 15.1. The fourth-order valence-corrected chi connectivity index (χ4v) is 2.16. The second-order valence-electron chi connectivity index (χ2n) is 4.75. The Morgan fingerprint density at radius 2 is 2.24 bits per heavy atom. The lowest BCUT2D eigenvalue weighted by atomic mass is 10.2. The molecule has 0 saturated carbocycles. The maximum Gasteiger partial charge on any atom is 0.276 e. The molecule has 1 aromatic heterocycles. The number of methoxy groups -OCH3 is 1. The molecule has 2 rings (SSSR count). The van der Waals surface area contributed by atoms with Crippen LogP contribution in [0.5, 0.6) is 0 Å². The number of aryl methyl sites for hydroxylation is 2. The van der Waals surface area contributed by atoms with Gasteiger partial charge in [-0.05, 0) is 31.5 Å². The van der Waals surface area contributed by atoms with E-state index in [1.165, 1.54) is 0 Å². The van der Waals surface area contributed by atoms with Gasteiger partial charge in [-0.1, -0.05) is 12.1 Å². The summed E-state index contributed by atoms with van der Waals surface area (Å²) in [4.78, 5) is 12.4. The van der Waals surface area contributed by atoms with Crippen LogP contribution in [0.4, 0.5) is 11.4 Å². The third-order valence-corrected chi connectivity index (χ3v) is 3.18. The minimum atomic E-state index is -0.260. The summed E-state index contributed by atoms with van der Waals surface area (Å²) in [7, 11) is 1.63. The number of nitrogens with two attached hydrogens (primary N) is 1. The molecule has 0 atom stereocenters. The first-order valence-corrected chi connectivity index (χ1v) is 6.79. The fourth-order valence-electron chi connectivity index (χ4n) is 2.16. The van der Waals surface area contributed by atoms with Crippen molar-refractivity contribution in [2.24, 2.45) is 0 Å². The number of carbonyl (C=O) groups is 1. The molecule has 6 heteroatoms. The molecule has 0 saturated heterocycles. The van der Waals surface area contributed by atoms with E-state index in [9.17, 15) is 4.79 Å². The third-order valence-electron chi connectivity index (χ3n) is 3.18. The summed E-state index contributed by atoms with van der Waals surface area (Å²) in [6.45, 7) is 4.79. The molecule has 1 heterocycles. The lowest BCUT2D eigenvalue weighted by Crippen LogP contribution is -2.18. The lowest BCUT2D eigenvalue weighted by molar-refractivity contribution is 0.101. The summed E-state index contributed by atoms with van der Waals surface area (Å²) >= 11 is 0. The molecule has 3 N–H and O–H groups in total. The summed E-state index contributed by atoms with van der Waals surface area (Å²) in [5.41, 5.74) is 9.12. The van der Waals surface area contributed by atoms with Crippen molar-refractivity contribution in [2.75, 3.05) is 18.2 Å². The number of hydrogen-bond donors (Lipinski definition) is 2. The Kier molecular flexibility index (Phi) is 4.59. The molecule has 0 fully saturated rings. The van der Waals surface area contributed by atoms with Crippen LogP contribution in [-0.4, -0.2) is 22.8 Å². The molecular formula is C15H20N4O2. The number of carbonyl (C=O) groups excluding carboxylic acids is 1. The third kappa shape index (κ3) is 3.22. The fraction of sp³-hybridized carbons (Fsp3) is 0.333. The standard InChI is InChI=1S/C15H20N4O2/c1-4-19-14(13(16)10(2)18-19)15(20)17-12-7-5-6-11(8-12)9-21-3/h5-8H,4,9,16H2,1-3H3,(H,17,20). The predicted molar refractivity (Wildman–Crippen MR) is 82.2 cm³/mol. The van der Waals surface area contributed by atoms with Gasteiger partial charge in [-0.3, -0.25) is 9.48 Å². The van der Waals surface area contributed by atoms with E-state index in [0.29, 0.717) is 35.9 Å². The van der Waals surface area contributed by atoms with E-state index in [4.69, 9.17) is 10.5 Å². The first-order chi connectivity index (χ1) is 10.1. The summed E-state index contributed by atoms with van der Waals surface area (Å²) < 4.78 is 6.69. The average molecular weight is 288 g/mol. The van der Waals surface area contributed by atoms with E-state index < -0.39 is 0 Å². The predicted octanol–water partition coefficient (Wildman–Crippen LogP) is 2.19. The molecule has 0 aliphatic rings. The number of aromatic nitrogens is 2. The van der Waals surface area contributed by atoms with E-state index in [0.717, 1.165) is 5.56 Å². The lowest BCUT2D eigenvalue weighted by Gasteiger charge is -2.09. The highest BCUT2D eigenvalue weighted by molar-refractivity contribution is 6.06. The van der Waals surface area contributed by atoms with Gasteiger partial charge in [0.05, 0.1) is 18.0 Å². The Morgan fingerprint density at radius 3 is 2.90 bits per heavy atom. The van der Waals surface area contributed by atoms with Crippen LogP contribution in [-0.2, 0) is 17.9 Å². The van der Waals surface area contributed by atoms with Crippen LogP contribution in [0, 0.1) is 6.92 Å². The molecule has 112 valence electrons. The highest BCUT2D eigenvalue weighted by atomic mass is 16.5. The maximum absolute atomic E-state index is 12.4. The summed E-state index contributed by atoms with van der Waals surface area (Å²) in [5.74, 6) is -0.260. The molecule has 0 bridgehead atoms. The van der Waals surface area contributed by atoms with Gasteiger partial charge in [-0.2, -0.15) is 5.10 Å². The van der Waals surface area contributed by atoms with Crippen molar-refractivity contribution in [1.82, 2.24) is 9.78 Å². The van der Waals surface area contributed by atoms with E-state index in [-0.39, 0.29) is 5.91 Å². The molecule has 1 aromatic carbocycles. The molecule has 2 aromatic rings. The van der Waals surface area contributed by atoms with E-state index in [2.05, 4.69) is 10.4 Å². The van der Waals surface area contributed by atoms with Crippen molar-refractivity contribution in [3.63, 3.8) is 0 Å². The number of nitrogen functional groups attached to an aromatic ring is 1. The van der Waals surface area contributed by atoms with Crippen molar-refractivity contribution in [3.8, 4) is 0 Å². The largest absolute Gasteiger partial charge is 0.395 e. The Bertz CT molecular complexity index is 649. The average Bonchev–Trinajstić information content (AvgIpc) is 2.75. The van der Waals surface area contributed by atoms with Crippen molar-refractivity contribution in [1.29, 1.82) is 0 Å². The second-order valence-corrected chi connectivity index (χ2v) is 4.75. The Hall–Kier alpha value is -2.34. The number of amides is 1. The van der Waals surface area contributed by atoms with Gasteiger partial charge in [0.25, 0.3) is 5.91 Å². The zero-order valence-corrected chi connectivity index (χ0v) is 12.5. The van der Waals surface area contributed by atoms with Gasteiger partial charge in [-0.25, -0.2) is 0 Å². The first-order valence-electron chi connectivity index (χ1n) is 6.79. The number of benzene rings is 1. The second kappa shape index (κ2) is 6.41. The van der Waals surface area contributed by atoms with Crippen LogP contribution in [0.15, 0.2) is 24.3 Å². The molecule has 0 spiro atoms. The summed E-state index contributed by atoms with van der Waals surface area (Å²) in [6.07, 6.45) is 0.